The van der Waals surface area contributed by atoms with E-state index < -0.39 is 11.6 Å². The molecule has 0 unspecified atom stereocenters. The lowest BCUT2D eigenvalue weighted by molar-refractivity contribution is 0.590. The van der Waals surface area contributed by atoms with Gasteiger partial charge < -0.3 is 4.98 Å². The average molecular weight is 223 g/mol. The third kappa shape index (κ3) is 1.83. The van der Waals surface area contributed by atoms with E-state index in [4.69, 9.17) is 0 Å². The van der Waals surface area contributed by atoms with Gasteiger partial charge in [0.2, 0.25) is 0 Å². The molecular formula is C12H11F2NO. The number of rotatable bonds is 2. The maximum atomic E-state index is 13.4. The second-order valence-electron chi connectivity index (χ2n) is 3.72. The Morgan fingerprint density at radius 2 is 2.00 bits per heavy atom. The minimum absolute atomic E-state index is 0.0531. The van der Waals surface area contributed by atoms with Crippen molar-refractivity contribution in [3.05, 3.63) is 45.8 Å². The van der Waals surface area contributed by atoms with Crippen molar-refractivity contribution in [2.45, 2.75) is 19.8 Å². The number of hydrogen-bond acceptors (Lipinski definition) is 1. The molecule has 84 valence electrons. The molecule has 0 saturated carbocycles. The SMILES string of the molecule is CCCc1cc(=O)c2cc(F)cc(F)c2[nH]1. The Labute approximate surface area is 90.9 Å². The van der Waals surface area contributed by atoms with Gasteiger partial charge in [0, 0.05) is 17.8 Å². The molecule has 2 rings (SSSR count). The first-order valence-corrected chi connectivity index (χ1v) is 5.12. The van der Waals surface area contributed by atoms with Crippen molar-refractivity contribution in [2.24, 2.45) is 0 Å². The summed E-state index contributed by atoms with van der Waals surface area (Å²) in [5.41, 5.74) is 0.401. The van der Waals surface area contributed by atoms with Crippen LogP contribution in [-0.2, 0) is 6.42 Å². The summed E-state index contributed by atoms with van der Waals surface area (Å²) in [4.78, 5) is 14.4. The average Bonchev–Trinajstić information content (AvgIpc) is 2.20. The summed E-state index contributed by atoms with van der Waals surface area (Å²) < 4.78 is 26.4. The van der Waals surface area contributed by atoms with Crippen LogP contribution in [0.5, 0.6) is 0 Å². The molecule has 0 spiro atoms. The highest BCUT2D eigenvalue weighted by molar-refractivity contribution is 5.79. The molecule has 0 saturated heterocycles. The van der Waals surface area contributed by atoms with Crippen LogP contribution in [0.1, 0.15) is 19.0 Å². The molecule has 1 N–H and O–H groups in total. The Balaban J connectivity index is 2.77. The Morgan fingerprint density at radius 3 is 2.69 bits per heavy atom. The molecule has 1 aromatic carbocycles. The lowest BCUT2D eigenvalue weighted by atomic mass is 10.1. The molecule has 2 aromatic rings. The first-order chi connectivity index (χ1) is 7.61. The highest BCUT2D eigenvalue weighted by Gasteiger charge is 2.08. The van der Waals surface area contributed by atoms with Crippen LogP contribution >= 0.6 is 0 Å². The first-order valence-electron chi connectivity index (χ1n) is 5.12. The number of aryl methyl sites for hydroxylation is 1. The fourth-order valence-corrected chi connectivity index (χ4v) is 1.73. The normalized spacial score (nSPS) is 10.9. The molecule has 2 nitrogen and oxygen atoms in total. The van der Waals surface area contributed by atoms with Gasteiger partial charge in [-0.3, -0.25) is 4.79 Å². The lowest BCUT2D eigenvalue weighted by Gasteiger charge is -2.04. The zero-order valence-corrected chi connectivity index (χ0v) is 8.81. The zero-order valence-electron chi connectivity index (χ0n) is 8.81. The smallest absolute Gasteiger partial charge is 0.189 e. The highest BCUT2D eigenvalue weighted by atomic mass is 19.1. The summed E-state index contributed by atoms with van der Waals surface area (Å²) >= 11 is 0. The maximum absolute atomic E-state index is 13.4. The fourth-order valence-electron chi connectivity index (χ4n) is 1.73. The van der Waals surface area contributed by atoms with Gasteiger partial charge in [-0.25, -0.2) is 8.78 Å². The summed E-state index contributed by atoms with van der Waals surface area (Å²) in [5.74, 6) is -1.47. The van der Waals surface area contributed by atoms with Crippen LogP contribution in [0.2, 0.25) is 0 Å². The molecule has 1 aromatic heterocycles. The Morgan fingerprint density at radius 1 is 1.25 bits per heavy atom. The van der Waals surface area contributed by atoms with Crippen molar-refractivity contribution in [2.75, 3.05) is 0 Å². The number of aromatic nitrogens is 1. The molecule has 0 atom stereocenters. The molecule has 0 radical (unpaired) electrons. The summed E-state index contributed by atoms with van der Waals surface area (Å²) in [5, 5.41) is 0.0531. The van der Waals surface area contributed by atoms with Crippen molar-refractivity contribution >= 4 is 10.9 Å². The van der Waals surface area contributed by atoms with Gasteiger partial charge in [0.1, 0.15) is 11.6 Å². The molecule has 16 heavy (non-hydrogen) atoms. The minimum atomic E-state index is -0.737. The molecule has 0 aliphatic heterocycles. The maximum Gasteiger partial charge on any atom is 0.189 e. The van der Waals surface area contributed by atoms with Gasteiger partial charge in [0.15, 0.2) is 5.43 Å². The van der Waals surface area contributed by atoms with Crippen LogP contribution in [0.25, 0.3) is 10.9 Å². The van der Waals surface area contributed by atoms with Crippen LogP contribution in [0.15, 0.2) is 23.0 Å². The molecular weight excluding hydrogens is 212 g/mol. The van der Waals surface area contributed by atoms with Gasteiger partial charge in [0.05, 0.1) is 10.9 Å². The Kier molecular flexibility index (Phi) is 2.73. The number of fused-ring (bicyclic) bond motifs is 1. The van der Waals surface area contributed by atoms with Gasteiger partial charge >= 0.3 is 0 Å². The van der Waals surface area contributed by atoms with Gasteiger partial charge in [-0.05, 0) is 12.5 Å². The number of pyridine rings is 1. The summed E-state index contributed by atoms with van der Waals surface area (Å²) in [6.45, 7) is 1.96. The Hall–Kier alpha value is -1.71. The number of benzene rings is 1. The number of H-pyrrole nitrogens is 1. The van der Waals surface area contributed by atoms with E-state index in [1.807, 2.05) is 6.92 Å². The van der Waals surface area contributed by atoms with Crippen LogP contribution in [0.4, 0.5) is 8.78 Å². The van der Waals surface area contributed by atoms with Gasteiger partial charge in [-0.15, -0.1) is 0 Å². The summed E-state index contributed by atoms with van der Waals surface area (Å²) in [7, 11) is 0. The molecule has 0 amide bonds. The summed E-state index contributed by atoms with van der Waals surface area (Å²) in [6, 6.07) is 3.21. The predicted molar refractivity (Wildman–Crippen MR) is 58.5 cm³/mol. The third-order valence-corrected chi connectivity index (χ3v) is 2.43. The number of hydrogen-bond donors (Lipinski definition) is 1. The second-order valence-corrected chi connectivity index (χ2v) is 3.72. The molecule has 1 heterocycles. The highest BCUT2D eigenvalue weighted by Crippen LogP contribution is 2.15. The van der Waals surface area contributed by atoms with Crippen molar-refractivity contribution in [3.63, 3.8) is 0 Å². The van der Waals surface area contributed by atoms with E-state index >= 15 is 0 Å². The largest absolute Gasteiger partial charge is 0.356 e. The van der Waals surface area contributed by atoms with Crippen molar-refractivity contribution in [3.8, 4) is 0 Å². The van der Waals surface area contributed by atoms with Crippen molar-refractivity contribution in [1.29, 1.82) is 0 Å². The molecule has 4 heteroatoms. The topological polar surface area (TPSA) is 32.9 Å². The van der Waals surface area contributed by atoms with Crippen LogP contribution in [0, 0.1) is 11.6 Å². The summed E-state index contributed by atoms with van der Waals surface area (Å²) in [6.07, 6.45) is 1.52. The van der Waals surface area contributed by atoms with E-state index in [0.29, 0.717) is 12.1 Å². The van der Waals surface area contributed by atoms with Gasteiger partial charge in [-0.2, -0.15) is 0 Å². The van der Waals surface area contributed by atoms with E-state index in [0.717, 1.165) is 18.6 Å². The quantitative estimate of drug-likeness (QED) is 0.834. The zero-order chi connectivity index (χ0) is 11.7. The van der Waals surface area contributed by atoms with E-state index in [1.54, 1.807) is 0 Å². The first kappa shape index (κ1) is 10.8. The van der Waals surface area contributed by atoms with E-state index in [-0.39, 0.29) is 16.3 Å². The Bertz CT molecular complexity index is 589. The van der Waals surface area contributed by atoms with Gasteiger partial charge in [0.25, 0.3) is 0 Å². The number of halogens is 2. The van der Waals surface area contributed by atoms with Crippen molar-refractivity contribution in [1.82, 2.24) is 4.98 Å². The standard InChI is InChI=1S/C12H11F2NO/c1-2-3-8-6-11(16)9-4-7(13)5-10(14)12(9)15-8/h4-6H,2-3H2,1H3,(H,15,16). The van der Waals surface area contributed by atoms with E-state index in [2.05, 4.69) is 4.98 Å². The molecule has 0 aliphatic rings. The lowest BCUT2D eigenvalue weighted by Crippen LogP contribution is -2.06. The monoisotopic (exact) mass is 223 g/mol. The molecule has 0 bridgehead atoms. The second kappa shape index (κ2) is 4.04. The number of aromatic amines is 1. The predicted octanol–water partition coefficient (Wildman–Crippen LogP) is 2.76. The molecule has 0 fully saturated rings. The van der Waals surface area contributed by atoms with E-state index in [1.165, 1.54) is 6.07 Å². The van der Waals surface area contributed by atoms with Crippen LogP contribution < -0.4 is 5.43 Å². The number of nitrogens with one attached hydrogen (secondary N) is 1. The van der Waals surface area contributed by atoms with Crippen LogP contribution in [-0.4, -0.2) is 4.98 Å². The van der Waals surface area contributed by atoms with Crippen molar-refractivity contribution < 1.29 is 8.78 Å². The minimum Gasteiger partial charge on any atom is -0.356 e. The third-order valence-electron chi connectivity index (χ3n) is 2.43. The van der Waals surface area contributed by atoms with Crippen LogP contribution in [0.3, 0.4) is 0 Å². The van der Waals surface area contributed by atoms with E-state index in [9.17, 15) is 13.6 Å². The fraction of sp³-hybridized carbons (Fsp3) is 0.250. The van der Waals surface area contributed by atoms with Gasteiger partial charge in [-0.1, -0.05) is 13.3 Å². The molecule has 0 aliphatic carbocycles.